The van der Waals surface area contributed by atoms with Crippen molar-refractivity contribution in [1.82, 2.24) is 0 Å². The summed E-state index contributed by atoms with van der Waals surface area (Å²) in [7, 11) is 0. The van der Waals surface area contributed by atoms with Gasteiger partial charge in [0.1, 0.15) is 0 Å². The van der Waals surface area contributed by atoms with E-state index in [2.05, 4.69) is 31.9 Å². The van der Waals surface area contributed by atoms with E-state index in [1.807, 2.05) is 25.1 Å². The van der Waals surface area contributed by atoms with Crippen molar-refractivity contribution in [3.8, 4) is 0 Å². The van der Waals surface area contributed by atoms with Crippen molar-refractivity contribution in [3.63, 3.8) is 0 Å². The third-order valence-electron chi connectivity index (χ3n) is 1.99. The van der Waals surface area contributed by atoms with Crippen molar-refractivity contribution in [1.29, 1.82) is 0 Å². The van der Waals surface area contributed by atoms with Crippen LogP contribution in [-0.4, -0.2) is 12.6 Å². The largest absolute Gasteiger partial charge is 0.466 e. The molecule has 0 saturated heterocycles. The molecule has 0 spiro atoms. The summed E-state index contributed by atoms with van der Waals surface area (Å²) in [6.07, 6.45) is 0.328. The molecule has 15 heavy (non-hydrogen) atoms. The van der Waals surface area contributed by atoms with Gasteiger partial charge in [-0.25, -0.2) is 0 Å². The SMILES string of the molecule is CCOC(=O)Cc1cccc(Br)c1CBr. The fourth-order valence-electron chi connectivity index (χ4n) is 1.29. The van der Waals surface area contributed by atoms with Gasteiger partial charge >= 0.3 is 5.97 Å². The standard InChI is InChI=1S/C11H12Br2O2/c1-2-15-11(14)6-8-4-3-5-10(13)9(8)7-12/h3-5H,2,6-7H2,1H3. The summed E-state index contributed by atoms with van der Waals surface area (Å²) >= 11 is 6.86. The fraction of sp³-hybridized carbons (Fsp3) is 0.364. The van der Waals surface area contributed by atoms with Crippen LogP contribution in [0.5, 0.6) is 0 Å². The quantitative estimate of drug-likeness (QED) is 0.622. The Bertz CT molecular complexity index is 350. The highest BCUT2D eigenvalue weighted by Gasteiger charge is 2.10. The molecular formula is C11H12Br2O2. The predicted molar refractivity (Wildman–Crippen MR) is 67.1 cm³/mol. The lowest BCUT2D eigenvalue weighted by Gasteiger charge is -2.08. The number of rotatable bonds is 4. The molecule has 1 aromatic rings. The maximum atomic E-state index is 11.3. The molecule has 0 aromatic heterocycles. The number of esters is 1. The lowest BCUT2D eigenvalue weighted by Crippen LogP contribution is -2.09. The zero-order chi connectivity index (χ0) is 11.3. The monoisotopic (exact) mass is 334 g/mol. The van der Waals surface area contributed by atoms with Crippen molar-refractivity contribution < 1.29 is 9.53 Å². The summed E-state index contributed by atoms with van der Waals surface area (Å²) in [6.45, 7) is 2.24. The summed E-state index contributed by atoms with van der Waals surface area (Å²) < 4.78 is 5.93. The number of carbonyl (C=O) groups is 1. The van der Waals surface area contributed by atoms with E-state index >= 15 is 0 Å². The van der Waals surface area contributed by atoms with Crippen molar-refractivity contribution in [2.45, 2.75) is 18.7 Å². The summed E-state index contributed by atoms with van der Waals surface area (Å²) in [5.41, 5.74) is 2.10. The second-order valence-electron chi connectivity index (χ2n) is 2.99. The average molecular weight is 336 g/mol. The molecule has 1 rings (SSSR count). The van der Waals surface area contributed by atoms with E-state index in [-0.39, 0.29) is 5.97 Å². The van der Waals surface area contributed by atoms with Crippen LogP contribution in [0.2, 0.25) is 0 Å². The topological polar surface area (TPSA) is 26.3 Å². The molecule has 0 bridgehead atoms. The Labute approximate surface area is 106 Å². The molecule has 0 saturated carbocycles. The Morgan fingerprint density at radius 2 is 2.20 bits per heavy atom. The maximum Gasteiger partial charge on any atom is 0.310 e. The first kappa shape index (κ1) is 12.7. The molecule has 0 aliphatic carbocycles. The molecule has 1 aromatic carbocycles. The van der Waals surface area contributed by atoms with Gasteiger partial charge in [0.05, 0.1) is 13.0 Å². The van der Waals surface area contributed by atoms with Gasteiger partial charge in [-0.1, -0.05) is 44.0 Å². The zero-order valence-corrected chi connectivity index (χ0v) is 11.6. The van der Waals surface area contributed by atoms with E-state index < -0.39 is 0 Å². The number of alkyl halides is 1. The Hall–Kier alpha value is -0.350. The highest BCUT2D eigenvalue weighted by Crippen LogP contribution is 2.23. The summed E-state index contributed by atoms with van der Waals surface area (Å²) in [6, 6.07) is 5.83. The van der Waals surface area contributed by atoms with E-state index in [9.17, 15) is 4.79 Å². The molecule has 0 aliphatic rings. The number of carbonyl (C=O) groups excluding carboxylic acids is 1. The van der Waals surface area contributed by atoms with Crippen LogP contribution in [0.1, 0.15) is 18.1 Å². The Morgan fingerprint density at radius 3 is 2.80 bits per heavy atom. The fourth-order valence-corrected chi connectivity index (χ4v) is 2.87. The number of ether oxygens (including phenoxy) is 1. The molecule has 0 unspecified atom stereocenters. The van der Waals surface area contributed by atoms with E-state index in [1.54, 1.807) is 0 Å². The smallest absolute Gasteiger partial charge is 0.310 e. The first-order chi connectivity index (χ1) is 7.19. The van der Waals surface area contributed by atoms with Crippen molar-refractivity contribution in [3.05, 3.63) is 33.8 Å². The summed E-state index contributed by atoms with van der Waals surface area (Å²) in [4.78, 5) is 11.3. The Balaban J connectivity index is 2.84. The summed E-state index contributed by atoms with van der Waals surface area (Å²) in [5.74, 6) is -0.183. The third kappa shape index (κ3) is 3.61. The molecular weight excluding hydrogens is 324 g/mol. The van der Waals surface area contributed by atoms with E-state index in [0.717, 1.165) is 20.9 Å². The minimum Gasteiger partial charge on any atom is -0.466 e. The van der Waals surface area contributed by atoms with E-state index in [4.69, 9.17) is 4.74 Å². The highest BCUT2D eigenvalue weighted by molar-refractivity contribution is 9.10. The van der Waals surface area contributed by atoms with Gasteiger partial charge in [0, 0.05) is 9.80 Å². The zero-order valence-electron chi connectivity index (χ0n) is 8.43. The molecule has 0 amide bonds. The average Bonchev–Trinajstić information content (AvgIpc) is 2.18. The van der Waals surface area contributed by atoms with E-state index in [0.29, 0.717) is 13.0 Å². The molecule has 0 heterocycles. The predicted octanol–water partition coefficient (Wildman–Crippen LogP) is 3.45. The molecule has 82 valence electrons. The van der Waals surface area contributed by atoms with Gasteiger partial charge in [0.25, 0.3) is 0 Å². The maximum absolute atomic E-state index is 11.3. The minimum atomic E-state index is -0.183. The molecule has 0 aliphatic heterocycles. The first-order valence-electron chi connectivity index (χ1n) is 4.66. The normalized spacial score (nSPS) is 10.1. The number of benzene rings is 1. The van der Waals surface area contributed by atoms with Crippen LogP contribution < -0.4 is 0 Å². The molecule has 0 radical (unpaired) electrons. The second kappa shape index (κ2) is 6.28. The first-order valence-corrected chi connectivity index (χ1v) is 6.58. The highest BCUT2D eigenvalue weighted by atomic mass is 79.9. The Morgan fingerprint density at radius 1 is 1.47 bits per heavy atom. The van der Waals surface area contributed by atoms with E-state index in [1.165, 1.54) is 0 Å². The molecule has 2 nitrogen and oxygen atoms in total. The Kier molecular flexibility index (Phi) is 5.32. The van der Waals surface area contributed by atoms with Crippen molar-refractivity contribution in [2.75, 3.05) is 6.61 Å². The van der Waals surface area contributed by atoms with Gasteiger partial charge in [-0.2, -0.15) is 0 Å². The molecule has 0 N–H and O–H groups in total. The lowest BCUT2D eigenvalue weighted by atomic mass is 10.1. The van der Waals surface area contributed by atoms with Gasteiger partial charge in [-0.3, -0.25) is 4.79 Å². The summed E-state index contributed by atoms with van der Waals surface area (Å²) in [5, 5.41) is 0.725. The number of halogens is 2. The molecule has 0 fully saturated rings. The van der Waals surface area contributed by atoms with Gasteiger partial charge in [0.15, 0.2) is 0 Å². The van der Waals surface area contributed by atoms with Crippen LogP contribution in [0.15, 0.2) is 22.7 Å². The van der Waals surface area contributed by atoms with Gasteiger partial charge in [0.2, 0.25) is 0 Å². The van der Waals surface area contributed by atoms with Crippen molar-refractivity contribution in [2.24, 2.45) is 0 Å². The third-order valence-corrected chi connectivity index (χ3v) is 3.29. The molecule has 0 atom stereocenters. The van der Waals surface area contributed by atoms with Gasteiger partial charge in [-0.15, -0.1) is 0 Å². The van der Waals surface area contributed by atoms with Crippen LogP contribution in [0.4, 0.5) is 0 Å². The van der Waals surface area contributed by atoms with Crippen LogP contribution in [0.25, 0.3) is 0 Å². The number of hydrogen-bond donors (Lipinski definition) is 0. The molecule has 4 heteroatoms. The van der Waals surface area contributed by atoms with Crippen LogP contribution in [0, 0.1) is 0 Å². The van der Waals surface area contributed by atoms with Gasteiger partial charge in [-0.05, 0) is 24.1 Å². The van der Waals surface area contributed by atoms with Crippen molar-refractivity contribution >= 4 is 37.8 Å². The van der Waals surface area contributed by atoms with Crippen LogP contribution in [0.3, 0.4) is 0 Å². The number of hydrogen-bond acceptors (Lipinski definition) is 2. The van der Waals surface area contributed by atoms with Crippen LogP contribution >= 0.6 is 31.9 Å². The van der Waals surface area contributed by atoms with Gasteiger partial charge < -0.3 is 4.74 Å². The van der Waals surface area contributed by atoms with Crippen LogP contribution in [-0.2, 0) is 21.3 Å². The second-order valence-corrected chi connectivity index (χ2v) is 4.41. The minimum absolute atomic E-state index is 0.183. The lowest BCUT2D eigenvalue weighted by molar-refractivity contribution is -0.142.